The van der Waals surface area contributed by atoms with Gasteiger partial charge in [0, 0.05) is 0 Å². The summed E-state index contributed by atoms with van der Waals surface area (Å²) >= 11 is 0. The molecule has 0 N–H and O–H groups in total. The van der Waals surface area contributed by atoms with Crippen LogP contribution in [0.5, 0.6) is 0 Å². The molecule has 0 bridgehead atoms. The molecule has 1 heterocycles. The summed E-state index contributed by atoms with van der Waals surface area (Å²) in [5, 5.41) is 0. The van der Waals surface area contributed by atoms with Crippen molar-refractivity contribution in [1.29, 1.82) is 0 Å². The average molecular weight is 243 g/mol. The third-order valence-corrected chi connectivity index (χ3v) is 3.94. The first-order valence-electron chi connectivity index (χ1n) is 6.50. The minimum absolute atomic E-state index is 0.284. The Morgan fingerprint density at radius 2 is 1.78 bits per heavy atom. The maximum absolute atomic E-state index is 12.1. The van der Waals surface area contributed by atoms with Gasteiger partial charge in [0.05, 0.1) is 11.4 Å². The average Bonchev–Trinajstić information content (AvgIpc) is 2.63. The van der Waals surface area contributed by atoms with Crippen molar-refractivity contribution in [3.05, 3.63) is 42.6 Å². The summed E-state index contributed by atoms with van der Waals surface area (Å²) in [6, 6.07) is 9.59. The van der Waals surface area contributed by atoms with Gasteiger partial charge in [-0.1, -0.05) is 31.2 Å². The van der Waals surface area contributed by atoms with Crippen molar-refractivity contribution in [3.63, 3.8) is 0 Å². The summed E-state index contributed by atoms with van der Waals surface area (Å²) in [7, 11) is 0. The standard InChI is InChI=1S/C15H17NO2/c1-12-15(10-6-3-7-11-15)18-14(17)16(12)13-8-4-2-5-9-13/h2,4-5,8-9H,1,3,6-7,10-11H2. The van der Waals surface area contributed by atoms with Crippen LogP contribution in [0.3, 0.4) is 0 Å². The minimum atomic E-state index is -0.439. The summed E-state index contributed by atoms with van der Waals surface area (Å²) in [6.45, 7) is 4.12. The molecule has 0 atom stereocenters. The van der Waals surface area contributed by atoms with Gasteiger partial charge in [-0.15, -0.1) is 0 Å². The fourth-order valence-electron chi connectivity index (χ4n) is 2.94. The number of hydrogen-bond donors (Lipinski definition) is 0. The number of ether oxygens (including phenoxy) is 1. The molecule has 1 aromatic carbocycles. The Bertz CT molecular complexity index is 475. The van der Waals surface area contributed by atoms with E-state index in [0.29, 0.717) is 0 Å². The van der Waals surface area contributed by atoms with E-state index in [9.17, 15) is 4.79 Å². The first-order valence-corrected chi connectivity index (χ1v) is 6.50. The van der Waals surface area contributed by atoms with Gasteiger partial charge in [-0.05, 0) is 37.8 Å². The molecule has 1 aromatic rings. The van der Waals surface area contributed by atoms with Crippen LogP contribution in [-0.2, 0) is 4.74 Å². The zero-order chi connectivity index (χ0) is 12.6. The van der Waals surface area contributed by atoms with Crippen LogP contribution in [0.1, 0.15) is 32.1 Å². The molecule has 2 aliphatic rings. The number of nitrogens with zero attached hydrogens (tertiary/aromatic N) is 1. The molecule has 1 saturated heterocycles. The Labute approximate surface area is 107 Å². The van der Waals surface area contributed by atoms with Crippen molar-refractivity contribution in [3.8, 4) is 0 Å². The molecule has 94 valence electrons. The second-order valence-electron chi connectivity index (χ2n) is 5.04. The van der Waals surface area contributed by atoms with Gasteiger partial charge in [0.15, 0.2) is 5.60 Å². The van der Waals surface area contributed by atoms with E-state index in [1.54, 1.807) is 4.90 Å². The second-order valence-corrected chi connectivity index (χ2v) is 5.04. The third-order valence-electron chi connectivity index (χ3n) is 3.94. The van der Waals surface area contributed by atoms with E-state index >= 15 is 0 Å². The van der Waals surface area contributed by atoms with Gasteiger partial charge in [0.25, 0.3) is 0 Å². The zero-order valence-electron chi connectivity index (χ0n) is 10.4. The van der Waals surface area contributed by atoms with Crippen LogP contribution >= 0.6 is 0 Å². The monoisotopic (exact) mass is 243 g/mol. The molecule has 3 heteroatoms. The van der Waals surface area contributed by atoms with Crippen LogP contribution in [0.15, 0.2) is 42.6 Å². The molecular weight excluding hydrogens is 226 g/mol. The summed E-state index contributed by atoms with van der Waals surface area (Å²) in [4.78, 5) is 13.7. The van der Waals surface area contributed by atoms with Crippen LogP contribution in [0.2, 0.25) is 0 Å². The van der Waals surface area contributed by atoms with Gasteiger partial charge < -0.3 is 4.74 Å². The van der Waals surface area contributed by atoms with E-state index in [2.05, 4.69) is 6.58 Å². The first-order chi connectivity index (χ1) is 8.73. The molecule has 3 rings (SSSR count). The van der Waals surface area contributed by atoms with Crippen molar-refractivity contribution in [2.24, 2.45) is 0 Å². The van der Waals surface area contributed by atoms with Gasteiger partial charge in [-0.25, -0.2) is 9.69 Å². The van der Waals surface area contributed by atoms with Crippen LogP contribution in [0, 0.1) is 0 Å². The predicted molar refractivity (Wildman–Crippen MR) is 70.4 cm³/mol. The lowest BCUT2D eigenvalue weighted by atomic mass is 9.83. The van der Waals surface area contributed by atoms with Crippen molar-refractivity contribution in [1.82, 2.24) is 0 Å². The molecule has 3 nitrogen and oxygen atoms in total. The highest BCUT2D eigenvalue weighted by molar-refractivity contribution is 5.95. The highest BCUT2D eigenvalue weighted by Gasteiger charge is 2.49. The molecular formula is C15H17NO2. The summed E-state index contributed by atoms with van der Waals surface area (Å²) in [6.07, 6.45) is 4.96. The van der Waals surface area contributed by atoms with Crippen LogP contribution < -0.4 is 4.90 Å². The lowest BCUT2D eigenvalue weighted by molar-refractivity contribution is 0.0412. The molecule has 0 radical (unpaired) electrons. The number of hydrogen-bond acceptors (Lipinski definition) is 2. The fourth-order valence-corrected chi connectivity index (χ4v) is 2.94. The molecule has 2 fully saturated rings. The van der Waals surface area contributed by atoms with Gasteiger partial charge >= 0.3 is 6.09 Å². The van der Waals surface area contributed by atoms with E-state index in [1.807, 2.05) is 30.3 Å². The molecule has 1 amide bonds. The molecule has 0 unspecified atom stereocenters. The Balaban J connectivity index is 1.94. The fraction of sp³-hybridized carbons (Fsp3) is 0.400. The predicted octanol–water partition coefficient (Wildman–Crippen LogP) is 3.86. The largest absolute Gasteiger partial charge is 0.436 e. The molecule has 1 aliphatic heterocycles. The van der Waals surface area contributed by atoms with E-state index in [0.717, 1.165) is 37.1 Å². The van der Waals surface area contributed by atoms with Crippen molar-refractivity contribution < 1.29 is 9.53 Å². The number of carbonyl (C=O) groups is 1. The first kappa shape index (κ1) is 11.3. The van der Waals surface area contributed by atoms with E-state index in [-0.39, 0.29) is 6.09 Å². The number of amides is 1. The molecule has 1 saturated carbocycles. The minimum Gasteiger partial charge on any atom is -0.436 e. The molecule has 1 aliphatic carbocycles. The normalized spacial score (nSPS) is 22.3. The SMILES string of the molecule is C=C1N(c2ccccc2)C(=O)OC12CCCCC2. The topological polar surface area (TPSA) is 29.5 Å². The lowest BCUT2D eigenvalue weighted by Crippen LogP contribution is -2.33. The number of benzene rings is 1. The maximum Gasteiger partial charge on any atom is 0.419 e. The van der Waals surface area contributed by atoms with Gasteiger partial charge in [0.1, 0.15) is 0 Å². The van der Waals surface area contributed by atoms with Crippen molar-refractivity contribution >= 4 is 11.8 Å². The van der Waals surface area contributed by atoms with Crippen LogP contribution in [0.25, 0.3) is 0 Å². The third kappa shape index (κ3) is 1.62. The Kier molecular flexibility index (Phi) is 2.62. The van der Waals surface area contributed by atoms with Crippen LogP contribution in [0.4, 0.5) is 10.5 Å². The van der Waals surface area contributed by atoms with E-state index in [4.69, 9.17) is 4.74 Å². The van der Waals surface area contributed by atoms with Crippen LogP contribution in [-0.4, -0.2) is 11.7 Å². The number of rotatable bonds is 1. The van der Waals surface area contributed by atoms with Crippen molar-refractivity contribution in [2.45, 2.75) is 37.7 Å². The highest BCUT2D eigenvalue weighted by Crippen LogP contribution is 2.44. The summed E-state index contributed by atoms with van der Waals surface area (Å²) < 4.78 is 5.66. The summed E-state index contributed by atoms with van der Waals surface area (Å²) in [5.41, 5.74) is 1.21. The lowest BCUT2D eigenvalue weighted by Gasteiger charge is -2.32. The van der Waals surface area contributed by atoms with Gasteiger partial charge in [0.2, 0.25) is 0 Å². The Morgan fingerprint density at radius 3 is 2.44 bits per heavy atom. The van der Waals surface area contributed by atoms with Gasteiger partial charge in [-0.2, -0.15) is 0 Å². The number of anilines is 1. The zero-order valence-corrected chi connectivity index (χ0v) is 10.4. The Hall–Kier alpha value is -1.77. The number of para-hydroxylation sites is 1. The quantitative estimate of drug-likeness (QED) is 0.749. The molecule has 1 spiro atoms. The number of carbonyl (C=O) groups excluding carboxylic acids is 1. The van der Waals surface area contributed by atoms with E-state index < -0.39 is 5.60 Å². The van der Waals surface area contributed by atoms with Gasteiger partial charge in [-0.3, -0.25) is 0 Å². The maximum atomic E-state index is 12.1. The summed E-state index contributed by atoms with van der Waals surface area (Å²) in [5.74, 6) is 0. The highest BCUT2D eigenvalue weighted by atomic mass is 16.6. The molecule has 18 heavy (non-hydrogen) atoms. The smallest absolute Gasteiger partial charge is 0.419 e. The van der Waals surface area contributed by atoms with E-state index in [1.165, 1.54) is 6.42 Å². The molecule has 0 aromatic heterocycles. The Morgan fingerprint density at radius 1 is 1.11 bits per heavy atom. The second kappa shape index (κ2) is 4.16. The van der Waals surface area contributed by atoms with Crippen molar-refractivity contribution in [2.75, 3.05) is 4.90 Å².